The first-order valence-corrected chi connectivity index (χ1v) is 10.3. The molecular weight excluding hydrogens is 472 g/mol. The summed E-state index contributed by atoms with van der Waals surface area (Å²) in [5.41, 5.74) is -1.68. The summed E-state index contributed by atoms with van der Waals surface area (Å²) in [6.07, 6.45) is -8.27. The summed E-state index contributed by atoms with van der Waals surface area (Å²) in [7, 11) is 0. The van der Waals surface area contributed by atoms with Crippen molar-refractivity contribution in [2.75, 3.05) is 5.32 Å². The van der Waals surface area contributed by atoms with Crippen LogP contribution in [0.15, 0.2) is 36.5 Å². The van der Waals surface area contributed by atoms with Crippen LogP contribution in [0.5, 0.6) is 0 Å². The number of nitrogens with zero attached hydrogens (tertiary/aromatic N) is 2. The van der Waals surface area contributed by atoms with E-state index in [4.69, 9.17) is 0 Å². The molecule has 0 bridgehead atoms. The fourth-order valence-corrected chi connectivity index (χ4v) is 3.95. The van der Waals surface area contributed by atoms with E-state index in [1.54, 1.807) is 0 Å². The Bertz CT molecular complexity index is 1150. The molecule has 2 N–H and O–H groups in total. The van der Waals surface area contributed by atoms with Gasteiger partial charge in [-0.25, -0.2) is 14.8 Å². The minimum atomic E-state index is -4.77. The molecule has 33 heavy (non-hydrogen) atoms. The summed E-state index contributed by atoms with van der Waals surface area (Å²) < 4.78 is 77.4. The van der Waals surface area contributed by atoms with Gasteiger partial charge in [-0.1, -0.05) is 37.3 Å². The highest BCUT2D eigenvalue weighted by Gasteiger charge is 2.33. The second-order valence-electron chi connectivity index (χ2n) is 7.52. The predicted molar refractivity (Wildman–Crippen MR) is 111 cm³/mol. The molecular formula is C21H17F6N3O2S. The first kappa shape index (κ1) is 24.5. The molecule has 0 amide bonds. The number of carboxylic acid groups (broad SMARTS) is 1. The lowest BCUT2D eigenvalue weighted by molar-refractivity contribution is -0.138. The van der Waals surface area contributed by atoms with E-state index in [1.165, 1.54) is 12.1 Å². The topological polar surface area (TPSA) is 75.1 Å². The summed E-state index contributed by atoms with van der Waals surface area (Å²) in [5.74, 6) is -1.80. The molecule has 2 aromatic heterocycles. The highest BCUT2D eigenvalue weighted by atomic mass is 32.1. The number of anilines is 2. The molecule has 0 spiro atoms. The Morgan fingerprint density at radius 3 is 2.18 bits per heavy atom. The van der Waals surface area contributed by atoms with Gasteiger partial charge >= 0.3 is 18.3 Å². The van der Waals surface area contributed by atoms with Crippen molar-refractivity contribution in [3.8, 4) is 10.4 Å². The van der Waals surface area contributed by atoms with Gasteiger partial charge in [0, 0.05) is 6.20 Å². The van der Waals surface area contributed by atoms with Gasteiger partial charge in [0.2, 0.25) is 0 Å². The van der Waals surface area contributed by atoms with Crippen molar-refractivity contribution in [1.82, 2.24) is 9.97 Å². The van der Waals surface area contributed by atoms with Crippen LogP contribution in [0.4, 0.5) is 37.3 Å². The SMILES string of the molecule is CC(C)Cc1nc(Nc2ncc(C(F)(F)F)cc2C(=O)O)sc1-c1ccc(C(F)(F)F)cc1. The molecule has 0 fully saturated rings. The number of hydrogen-bond acceptors (Lipinski definition) is 5. The summed E-state index contributed by atoms with van der Waals surface area (Å²) >= 11 is 1.03. The quantitative estimate of drug-likeness (QED) is 0.369. The lowest BCUT2D eigenvalue weighted by Gasteiger charge is -2.10. The van der Waals surface area contributed by atoms with Gasteiger partial charge in [-0.2, -0.15) is 26.3 Å². The molecule has 12 heteroatoms. The van der Waals surface area contributed by atoms with Crippen molar-refractivity contribution in [2.45, 2.75) is 32.6 Å². The second-order valence-corrected chi connectivity index (χ2v) is 8.52. The maximum Gasteiger partial charge on any atom is 0.417 e. The third kappa shape index (κ3) is 5.81. The average molecular weight is 489 g/mol. The summed E-state index contributed by atoms with van der Waals surface area (Å²) in [4.78, 5) is 20.0. The number of aromatic carboxylic acids is 1. The van der Waals surface area contributed by atoms with Crippen LogP contribution < -0.4 is 5.32 Å². The Morgan fingerprint density at radius 2 is 1.67 bits per heavy atom. The number of hydrogen-bond donors (Lipinski definition) is 2. The molecule has 0 saturated carbocycles. The fraction of sp³-hybridized carbons (Fsp3) is 0.286. The number of benzene rings is 1. The molecule has 5 nitrogen and oxygen atoms in total. The molecule has 0 aliphatic heterocycles. The van der Waals surface area contributed by atoms with E-state index in [0.717, 1.165) is 23.5 Å². The van der Waals surface area contributed by atoms with Gasteiger partial charge in [0.15, 0.2) is 5.13 Å². The highest BCUT2D eigenvalue weighted by Crippen LogP contribution is 2.38. The first-order chi connectivity index (χ1) is 15.3. The van der Waals surface area contributed by atoms with Gasteiger partial charge in [-0.3, -0.25) is 0 Å². The molecule has 0 atom stereocenters. The van der Waals surface area contributed by atoms with E-state index >= 15 is 0 Å². The van der Waals surface area contributed by atoms with Crippen LogP contribution in [0.3, 0.4) is 0 Å². The maximum atomic E-state index is 12.9. The van der Waals surface area contributed by atoms with Gasteiger partial charge in [-0.15, -0.1) is 0 Å². The minimum Gasteiger partial charge on any atom is -0.478 e. The van der Waals surface area contributed by atoms with Gasteiger partial charge in [0.1, 0.15) is 11.4 Å². The molecule has 0 unspecified atom stereocenters. The molecule has 2 heterocycles. The molecule has 0 aliphatic carbocycles. The fourth-order valence-electron chi connectivity index (χ4n) is 2.95. The zero-order valence-corrected chi connectivity index (χ0v) is 18.0. The monoisotopic (exact) mass is 489 g/mol. The van der Waals surface area contributed by atoms with Crippen LogP contribution in [0.1, 0.15) is 41.0 Å². The van der Waals surface area contributed by atoms with Crippen LogP contribution in [0.2, 0.25) is 0 Å². The van der Waals surface area contributed by atoms with E-state index in [2.05, 4.69) is 15.3 Å². The van der Waals surface area contributed by atoms with Crippen molar-refractivity contribution in [1.29, 1.82) is 0 Å². The Morgan fingerprint density at radius 1 is 1.06 bits per heavy atom. The number of rotatable bonds is 6. The standard InChI is InChI=1S/C21H17F6N3O2S/c1-10(2)7-15-16(11-3-5-12(6-4-11)20(22,23)24)33-19(29-15)30-17-14(18(31)32)8-13(9-28-17)21(25,26)27/h3-6,8-10H,7H2,1-2H3,(H,31,32)(H,28,29,30). The summed E-state index contributed by atoms with van der Waals surface area (Å²) in [5, 5.41) is 12.1. The number of pyridine rings is 1. The number of halogens is 6. The van der Waals surface area contributed by atoms with Gasteiger partial charge in [0.25, 0.3) is 0 Å². The van der Waals surface area contributed by atoms with Gasteiger partial charge in [0.05, 0.1) is 21.7 Å². The minimum absolute atomic E-state index is 0.145. The van der Waals surface area contributed by atoms with Crippen molar-refractivity contribution in [3.05, 3.63) is 58.9 Å². The van der Waals surface area contributed by atoms with Crippen molar-refractivity contribution in [2.24, 2.45) is 5.92 Å². The number of aromatic nitrogens is 2. The molecule has 1 aromatic carbocycles. The second kappa shape index (κ2) is 9.00. The van der Waals surface area contributed by atoms with Crippen LogP contribution >= 0.6 is 11.3 Å². The maximum absolute atomic E-state index is 12.9. The number of thiazole rings is 1. The highest BCUT2D eigenvalue weighted by molar-refractivity contribution is 7.19. The zero-order valence-electron chi connectivity index (χ0n) is 17.2. The van der Waals surface area contributed by atoms with Gasteiger partial charge in [-0.05, 0) is 36.1 Å². The molecule has 3 aromatic rings. The summed E-state index contributed by atoms with van der Waals surface area (Å²) in [6, 6.07) is 4.98. The van der Waals surface area contributed by atoms with E-state index in [0.29, 0.717) is 34.8 Å². The Balaban J connectivity index is 2.00. The number of nitrogens with one attached hydrogen (secondary N) is 1. The van der Waals surface area contributed by atoms with Crippen LogP contribution in [0, 0.1) is 5.92 Å². The van der Waals surface area contributed by atoms with E-state index in [1.807, 2.05) is 13.8 Å². The molecule has 3 rings (SSSR count). The van der Waals surface area contributed by atoms with E-state index in [-0.39, 0.29) is 16.9 Å². The van der Waals surface area contributed by atoms with Crippen LogP contribution in [0.25, 0.3) is 10.4 Å². The zero-order chi connectivity index (χ0) is 24.6. The van der Waals surface area contributed by atoms with Gasteiger partial charge < -0.3 is 10.4 Å². The number of carbonyl (C=O) groups is 1. The smallest absolute Gasteiger partial charge is 0.417 e. The van der Waals surface area contributed by atoms with Crippen molar-refractivity contribution in [3.63, 3.8) is 0 Å². The molecule has 176 valence electrons. The third-order valence-corrected chi connectivity index (χ3v) is 5.51. The van der Waals surface area contributed by atoms with Crippen molar-refractivity contribution >= 4 is 28.3 Å². The Kier molecular flexibility index (Phi) is 6.68. The predicted octanol–water partition coefficient (Wildman–Crippen LogP) is 6.88. The van der Waals surface area contributed by atoms with Crippen molar-refractivity contribution < 1.29 is 36.2 Å². The third-order valence-electron chi connectivity index (χ3n) is 4.44. The number of alkyl halides is 6. The lowest BCUT2D eigenvalue weighted by atomic mass is 10.0. The summed E-state index contributed by atoms with van der Waals surface area (Å²) in [6.45, 7) is 3.84. The normalized spacial score (nSPS) is 12.3. The number of carboxylic acids is 1. The first-order valence-electron chi connectivity index (χ1n) is 9.50. The van der Waals surface area contributed by atoms with Crippen LogP contribution in [-0.4, -0.2) is 21.0 Å². The Labute approximate surface area is 188 Å². The largest absolute Gasteiger partial charge is 0.478 e. The molecule has 0 aliphatic rings. The molecule has 0 radical (unpaired) electrons. The van der Waals surface area contributed by atoms with Crippen LogP contribution in [-0.2, 0) is 18.8 Å². The molecule has 0 saturated heterocycles. The van der Waals surface area contributed by atoms with E-state index in [9.17, 15) is 36.2 Å². The Hall–Kier alpha value is -3.15. The van der Waals surface area contributed by atoms with E-state index < -0.39 is 35.0 Å². The lowest BCUT2D eigenvalue weighted by Crippen LogP contribution is -2.11. The average Bonchev–Trinajstić information content (AvgIpc) is 3.08.